The molecule has 0 amide bonds. The molecule has 0 bridgehead atoms. The summed E-state index contributed by atoms with van der Waals surface area (Å²) in [6.07, 6.45) is 57.4. The van der Waals surface area contributed by atoms with Gasteiger partial charge in [-0.25, -0.2) is 0 Å². The molecule has 358 valence electrons. The number of unbranched alkanes of at least 4 members (excludes halogenated alkanes) is 34. The third kappa shape index (κ3) is 48.8. The van der Waals surface area contributed by atoms with Gasteiger partial charge in [-0.1, -0.05) is 231 Å². The third-order valence-electron chi connectivity index (χ3n) is 11.9. The van der Waals surface area contributed by atoms with E-state index >= 15 is 0 Å². The van der Waals surface area contributed by atoms with E-state index in [1.54, 1.807) is 0 Å². The second kappa shape index (κ2) is 50.5. The zero-order valence-corrected chi connectivity index (χ0v) is 40.9. The van der Waals surface area contributed by atoms with Crippen LogP contribution in [0, 0.1) is 0 Å². The number of ether oxygens (including phenoxy) is 3. The Bertz CT molecular complexity index is 989. The Labute approximate surface area is 379 Å². The standard InChI is InChI=1S/C55H102O6/c1-4-7-10-13-16-19-22-24-26-28-30-31-33-36-39-42-45-48-54(57)60-51-52(50-59-53(56)47-44-41-38-35-21-18-15-12-9-6-3)61-55(58)49-46-43-40-37-34-32-29-27-25-23-20-17-14-11-8-5-2/h12,15,24,26,52H,4-11,13-14,16-23,25,27-51H2,1-3H3/b15-12-,26-24-. The van der Waals surface area contributed by atoms with Crippen LogP contribution in [0.1, 0.15) is 290 Å². The topological polar surface area (TPSA) is 78.9 Å². The number of rotatable bonds is 49. The summed E-state index contributed by atoms with van der Waals surface area (Å²) in [7, 11) is 0. The highest BCUT2D eigenvalue weighted by molar-refractivity contribution is 5.71. The summed E-state index contributed by atoms with van der Waals surface area (Å²) >= 11 is 0. The minimum Gasteiger partial charge on any atom is -0.462 e. The summed E-state index contributed by atoms with van der Waals surface area (Å²) in [6, 6.07) is 0. The lowest BCUT2D eigenvalue weighted by Crippen LogP contribution is -2.30. The smallest absolute Gasteiger partial charge is 0.306 e. The molecule has 0 aromatic heterocycles. The monoisotopic (exact) mass is 859 g/mol. The first-order valence-corrected chi connectivity index (χ1v) is 26.8. The van der Waals surface area contributed by atoms with Crippen molar-refractivity contribution in [3.05, 3.63) is 24.3 Å². The number of esters is 3. The van der Waals surface area contributed by atoms with E-state index in [1.807, 2.05) is 0 Å². The molecule has 0 aromatic rings. The molecular weight excluding hydrogens is 757 g/mol. The minimum atomic E-state index is -0.771. The molecule has 61 heavy (non-hydrogen) atoms. The van der Waals surface area contributed by atoms with Crippen LogP contribution in [-0.4, -0.2) is 37.2 Å². The number of carbonyl (C=O) groups excluding carboxylic acids is 3. The maximum absolute atomic E-state index is 12.8. The molecule has 0 spiro atoms. The highest BCUT2D eigenvalue weighted by atomic mass is 16.6. The van der Waals surface area contributed by atoms with E-state index in [0.717, 1.165) is 70.6 Å². The van der Waals surface area contributed by atoms with Crippen LogP contribution >= 0.6 is 0 Å². The average molecular weight is 859 g/mol. The first kappa shape index (κ1) is 58.9. The van der Waals surface area contributed by atoms with Crippen molar-refractivity contribution in [1.29, 1.82) is 0 Å². The lowest BCUT2D eigenvalue weighted by atomic mass is 10.0. The van der Waals surface area contributed by atoms with E-state index in [-0.39, 0.29) is 31.1 Å². The largest absolute Gasteiger partial charge is 0.462 e. The SMILES string of the molecule is CCC/C=C\CCCCCCCC(=O)OCC(COC(=O)CCCCCCCCC/C=C\CCCCCCCC)OC(=O)CCCCCCCCCCCCCCCCCC. The van der Waals surface area contributed by atoms with Gasteiger partial charge in [0.05, 0.1) is 0 Å². The molecule has 0 aliphatic heterocycles. The van der Waals surface area contributed by atoms with Crippen molar-refractivity contribution in [3.8, 4) is 0 Å². The number of allylic oxidation sites excluding steroid dienone is 4. The maximum atomic E-state index is 12.8. The lowest BCUT2D eigenvalue weighted by molar-refractivity contribution is -0.167. The van der Waals surface area contributed by atoms with Gasteiger partial charge in [-0.2, -0.15) is 0 Å². The molecule has 0 aliphatic carbocycles. The molecule has 6 heteroatoms. The zero-order valence-electron chi connectivity index (χ0n) is 40.9. The fraction of sp³-hybridized carbons (Fsp3) is 0.873. The molecular formula is C55H102O6. The quantitative estimate of drug-likeness (QED) is 0.0262. The van der Waals surface area contributed by atoms with Crippen molar-refractivity contribution in [2.45, 2.75) is 297 Å². The number of hydrogen-bond donors (Lipinski definition) is 0. The molecule has 0 rings (SSSR count). The van der Waals surface area contributed by atoms with E-state index in [1.165, 1.54) is 180 Å². The molecule has 0 N–H and O–H groups in total. The highest BCUT2D eigenvalue weighted by Crippen LogP contribution is 2.16. The molecule has 1 unspecified atom stereocenters. The summed E-state index contributed by atoms with van der Waals surface area (Å²) in [6.45, 7) is 6.60. The first-order chi connectivity index (χ1) is 30.0. The van der Waals surface area contributed by atoms with Crippen molar-refractivity contribution < 1.29 is 28.6 Å². The van der Waals surface area contributed by atoms with E-state index in [4.69, 9.17) is 14.2 Å². The third-order valence-corrected chi connectivity index (χ3v) is 11.9. The number of carbonyl (C=O) groups is 3. The van der Waals surface area contributed by atoms with Gasteiger partial charge in [0.25, 0.3) is 0 Å². The molecule has 0 aliphatic rings. The van der Waals surface area contributed by atoms with E-state index < -0.39 is 6.10 Å². The Morgan fingerprint density at radius 1 is 0.311 bits per heavy atom. The van der Waals surface area contributed by atoms with Crippen molar-refractivity contribution in [2.75, 3.05) is 13.2 Å². The maximum Gasteiger partial charge on any atom is 0.306 e. The Morgan fingerprint density at radius 3 is 0.885 bits per heavy atom. The normalized spacial score (nSPS) is 12.1. The number of hydrogen-bond acceptors (Lipinski definition) is 6. The van der Waals surface area contributed by atoms with Crippen LogP contribution in [0.4, 0.5) is 0 Å². The summed E-state index contributed by atoms with van der Waals surface area (Å²) < 4.78 is 16.8. The van der Waals surface area contributed by atoms with E-state index in [0.29, 0.717) is 19.3 Å². The predicted molar refractivity (Wildman–Crippen MR) is 261 cm³/mol. The summed E-state index contributed by atoms with van der Waals surface area (Å²) in [5, 5.41) is 0. The van der Waals surface area contributed by atoms with Gasteiger partial charge in [0, 0.05) is 19.3 Å². The molecule has 0 aromatic carbocycles. The fourth-order valence-corrected chi connectivity index (χ4v) is 7.85. The van der Waals surface area contributed by atoms with Crippen molar-refractivity contribution >= 4 is 17.9 Å². The molecule has 1 atom stereocenters. The van der Waals surface area contributed by atoms with Gasteiger partial charge in [-0.05, 0) is 64.2 Å². The van der Waals surface area contributed by atoms with Gasteiger partial charge >= 0.3 is 17.9 Å². The van der Waals surface area contributed by atoms with Gasteiger partial charge in [0.1, 0.15) is 13.2 Å². The van der Waals surface area contributed by atoms with Crippen molar-refractivity contribution in [2.24, 2.45) is 0 Å². The van der Waals surface area contributed by atoms with Crippen LogP contribution < -0.4 is 0 Å². The van der Waals surface area contributed by atoms with Gasteiger partial charge in [-0.15, -0.1) is 0 Å². The van der Waals surface area contributed by atoms with Crippen LogP contribution in [0.15, 0.2) is 24.3 Å². The van der Waals surface area contributed by atoms with Crippen molar-refractivity contribution in [1.82, 2.24) is 0 Å². The van der Waals surface area contributed by atoms with E-state index in [2.05, 4.69) is 45.1 Å². The minimum absolute atomic E-state index is 0.0725. The van der Waals surface area contributed by atoms with Gasteiger partial charge < -0.3 is 14.2 Å². The Balaban J connectivity index is 4.30. The second-order valence-electron chi connectivity index (χ2n) is 18.1. The molecule has 0 heterocycles. The summed E-state index contributed by atoms with van der Waals surface area (Å²) in [5.74, 6) is -0.873. The van der Waals surface area contributed by atoms with Gasteiger partial charge in [-0.3, -0.25) is 14.4 Å². The van der Waals surface area contributed by atoms with Crippen LogP contribution in [0.5, 0.6) is 0 Å². The lowest BCUT2D eigenvalue weighted by Gasteiger charge is -2.18. The van der Waals surface area contributed by atoms with Gasteiger partial charge in [0.15, 0.2) is 6.10 Å². The van der Waals surface area contributed by atoms with Crippen molar-refractivity contribution in [3.63, 3.8) is 0 Å². The second-order valence-corrected chi connectivity index (χ2v) is 18.1. The fourth-order valence-electron chi connectivity index (χ4n) is 7.85. The Morgan fingerprint density at radius 2 is 0.574 bits per heavy atom. The highest BCUT2D eigenvalue weighted by Gasteiger charge is 2.19. The molecule has 0 saturated heterocycles. The van der Waals surface area contributed by atoms with Gasteiger partial charge in [0.2, 0.25) is 0 Å². The predicted octanol–water partition coefficient (Wildman–Crippen LogP) is 17.5. The van der Waals surface area contributed by atoms with Crippen LogP contribution in [0.25, 0.3) is 0 Å². The van der Waals surface area contributed by atoms with E-state index in [9.17, 15) is 14.4 Å². The average Bonchev–Trinajstić information content (AvgIpc) is 3.26. The Hall–Kier alpha value is -2.11. The Kier molecular flexibility index (Phi) is 48.8. The van der Waals surface area contributed by atoms with Crippen LogP contribution in [-0.2, 0) is 28.6 Å². The zero-order chi connectivity index (χ0) is 44.4. The summed E-state index contributed by atoms with van der Waals surface area (Å²) in [4.78, 5) is 37.9. The molecule has 6 nitrogen and oxygen atoms in total. The molecule has 0 fully saturated rings. The summed E-state index contributed by atoms with van der Waals surface area (Å²) in [5.41, 5.74) is 0. The van der Waals surface area contributed by atoms with Crippen LogP contribution in [0.2, 0.25) is 0 Å². The van der Waals surface area contributed by atoms with Crippen LogP contribution in [0.3, 0.4) is 0 Å². The first-order valence-electron chi connectivity index (χ1n) is 26.8. The molecule has 0 saturated carbocycles. The molecule has 0 radical (unpaired) electrons.